The van der Waals surface area contributed by atoms with Crippen LogP contribution in [-0.2, 0) is 11.8 Å². The summed E-state index contributed by atoms with van der Waals surface area (Å²) in [6, 6.07) is 5.71. The molecule has 0 unspecified atom stereocenters. The fourth-order valence-corrected chi connectivity index (χ4v) is 3.55. The van der Waals surface area contributed by atoms with E-state index < -0.39 is 0 Å². The minimum Gasteiger partial charge on any atom is -0.325 e. The van der Waals surface area contributed by atoms with E-state index in [4.69, 9.17) is 4.98 Å². The molecule has 0 spiro atoms. The molecule has 9 heteroatoms. The van der Waals surface area contributed by atoms with E-state index in [1.165, 1.54) is 0 Å². The Balaban J connectivity index is 1.57. The lowest BCUT2D eigenvalue weighted by atomic mass is 10.1. The number of H-pyrrole nitrogens is 1. The highest BCUT2D eigenvalue weighted by atomic mass is 16.1. The van der Waals surface area contributed by atoms with Crippen molar-refractivity contribution in [2.45, 2.75) is 20.3 Å². The normalized spacial score (nSPS) is 11.3. The molecule has 0 aliphatic carbocycles. The van der Waals surface area contributed by atoms with Crippen molar-refractivity contribution in [1.29, 1.82) is 0 Å². The van der Waals surface area contributed by atoms with Gasteiger partial charge in [-0.1, -0.05) is 6.92 Å². The predicted molar refractivity (Wildman–Crippen MR) is 118 cm³/mol. The molecule has 0 aliphatic heterocycles. The molecule has 0 bridgehead atoms. The Labute approximate surface area is 177 Å². The first-order valence-corrected chi connectivity index (χ1v) is 9.93. The van der Waals surface area contributed by atoms with Gasteiger partial charge in [-0.25, -0.2) is 15.0 Å². The number of amides is 1. The van der Waals surface area contributed by atoms with Gasteiger partial charge < -0.3 is 9.88 Å². The molecule has 0 atom stereocenters. The number of rotatable bonds is 4. The van der Waals surface area contributed by atoms with Gasteiger partial charge in [-0.2, -0.15) is 5.10 Å². The summed E-state index contributed by atoms with van der Waals surface area (Å²) in [5, 5.41) is 11.1. The lowest BCUT2D eigenvalue weighted by Gasteiger charge is -2.05. The summed E-state index contributed by atoms with van der Waals surface area (Å²) in [5.74, 6) is 1.22. The number of aromatic amines is 1. The molecule has 0 aliphatic rings. The van der Waals surface area contributed by atoms with Crippen LogP contribution in [0, 0.1) is 6.92 Å². The van der Waals surface area contributed by atoms with E-state index in [2.05, 4.69) is 30.5 Å². The molecule has 9 nitrogen and oxygen atoms in total. The first-order chi connectivity index (χ1) is 15.0. The Hall–Kier alpha value is -4.14. The van der Waals surface area contributed by atoms with Crippen molar-refractivity contribution >= 4 is 33.8 Å². The van der Waals surface area contributed by atoms with Crippen LogP contribution in [0.15, 0.2) is 43.0 Å². The highest BCUT2D eigenvalue weighted by molar-refractivity contribution is 5.94. The average Bonchev–Trinajstić information content (AvgIpc) is 3.35. The third kappa shape index (κ3) is 3.20. The third-order valence-corrected chi connectivity index (χ3v) is 5.30. The van der Waals surface area contributed by atoms with E-state index in [1.54, 1.807) is 25.4 Å². The quantitative estimate of drug-likeness (QED) is 0.466. The van der Waals surface area contributed by atoms with Gasteiger partial charge in [0.15, 0.2) is 11.5 Å². The van der Waals surface area contributed by atoms with Gasteiger partial charge >= 0.3 is 0 Å². The molecule has 0 fully saturated rings. The third-order valence-electron chi connectivity index (χ3n) is 5.30. The van der Waals surface area contributed by atoms with Gasteiger partial charge in [0, 0.05) is 43.2 Å². The summed E-state index contributed by atoms with van der Waals surface area (Å²) in [6.07, 6.45) is 7.51. The minimum absolute atomic E-state index is 0.0701. The number of carbonyl (C=O) groups is 1. The van der Waals surface area contributed by atoms with Crippen LogP contribution in [0.25, 0.3) is 44.7 Å². The fraction of sp³-hybridized carbons (Fsp3) is 0.182. The van der Waals surface area contributed by atoms with Gasteiger partial charge in [-0.3, -0.25) is 14.9 Å². The Morgan fingerprint density at radius 3 is 2.71 bits per heavy atom. The number of carbonyl (C=O) groups excluding carboxylic acids is 1. The van der Waals surface area contributed by atoms with Gasteiger partial charge in [0.2, 0.25) is 5.91 Å². The number of aryl methyl sites for hydroxylation is 2. The minimum atomic E-state index is -0.0701. The van der Waals surface area contributed by atoms with Gasteiger partial charge in [0.1, 0.15) is 11.5 Å². The number of hydrogen-bond donors (Lipinski definition) is 2. The number of anilines is 1. The predicted octanol–water partition coefficient (Wildman–Crippen LogP) is 3.63. The Kier molecular flexibility index (Phi) is 4.43. The zero-order valence-corrected chi connectivity index (χ0v) is 17.3. The van der Waals surface area contributed by atoms with Crippen LogP contribution in [0.4, 0.5) is 5.82 Å². The van der Waals surface area contributed by atoms with Crippen molar-refractivity contribution in [3.8, 4) is 22.6 Å². The molecule has 5 aromatic heterocycles. The first kappa shape index (κ1) is 18.9. The van der Waals surface area contributed by atoms with E-state index in [1.807, 2.05) is 43.1 Å². The van der Waals surface area contributed by atoms with Crippen molar-refractivity contribution in [2.24, 2.45) is 7.05 Å². The lowest BCUT2D eigenvalue weighted by molar-refractivity contribution is -0.115. The standard InChI is InChI=1S/C22H20N8O/c1-4-18(31)26-17-6-5-13(9-24-17)14-7-15-20(28-29-21(15)25-10-14)22-27-19-12(2)8-23-11-16(19)30(22)3/h5-11H,4H2,1-3H3,(H,24,26,31)(H,25,28,29). The second-order valence-electron chi connectivity index (χ2n) is 7.35. The van der Waals surface area contributed by atoms with Crippen molar-refractivity contribution in [1.82, 2.24) is 34.7 Å². The van der Waals surface area contributed by atoms with E-state index in [0.29, 0.717) is 17.9 Å². The van der Waals surface area contributed by atoms with Gasteiger partial charge in [0.25, 0.3) is 0 Å². The summed E-state index contributed by atoms with van der Waals surface area (Å²) in [5.41, 5.74) is 6.07. The number of nitrogens with zero attached hydrogens (tertiary/aromatic N) is 6. The van der Waals surface area contributed by atoms with Gasteiger partial charge in [-0.05, 0) is 30.7 Å². The second-order valence-corrected chi connectivity index (χ2v) is 7.35. The second kappa shape index (κ2) is 7.28. The van der Waals surface area contributed by atoms with Crippen LogP contribution >= 0.6 is 0 Å². The molecule has 154 valence electrons. The molecule has 1 amide bonds. The van der Waals surface area contributed by atoms with Gasteiger partial charge in [-0.15, -0.1) is 0 Å². The Bertz CT molecular complexity index is 1430. The van der Waals surface area contributed by atoms with Crippen molar-refractivity contribution in [3.05, 3.63) is 48.5 Å². The van der Waals surface area contributed by atoms with Crippen molar-refractivity contribution in [3.63, 3.8) is 0 Å². The molecule has 5 aromatic rings. The highest BCUT2D eigenvalue weighted by Crippen LogP contribution is 2.31. The van der Waals surface area contributed by atoms with E-state index in [-0.39, 0.29) is 5.91 Å². The molecule has 0 aromatic carbocycles. The number of aromatic nitrogens is 7. The highest BCUT2D eigenvalue weighted by Gasteiger charge is 2.17. The SMILES string of the molecule is CCC(=O)Nc1ccc(-c2cnc3n[nH]c(-c4nc5c(C)cncc5n4C)c3c2)cn1. The fourth-order valence-electron chi connectivity index (χ4n) is 3.55. The Morgan fingerprint density at radius 2 is 1.97 bits per heavy atom. The summed E-state index contributed by atoms with van der Waals surface area (Å²) in [6.45, 7) is 3.80. The van der Waals surface area contributed by atoms with Crippen LogP contribution in [0.3, 0.4) is 0 Å². The molecule has 5 heterocycles. The molecule has 0 saturated heterocycles. The number of pyridine rings is 3. The van der Waals surface area contributed by atoms with Crippen molar-refractivity contribution in [2.75, 3.05) is 5.32 Å². The molecule has 31 heavy (non-hydrogen) atoms. The lowest BCUT2D eigenvalue weighted by Crippen LogP contribution is -2.10. The van der Waals surface area contributed by atoms with Gasteiger partial charge in [0.05, 0.1) is 22.6 Å². The molecular weight excluding hydrogens is 392 g/mol. The van der Waals surface area contributed by atoms with Crippen LogP contribution in [-0.4, -0.2) is 40.6 Å². The number of fused-ring (bicyclic) bond motifs is 2. The molecular formula is C22H20N8O. The van der Waals surface area contributed by atoms with E-state index in [9.17, 15) is 4.79 Å². The van der Waals surface area contributed by atoms with E-state index in [0.717, 1.165) is 44.6 Å². The van der Waals surface area contributed by atoms with Crippen LogP contribution in [0.2, 0.25) is 0 Å². The Morgan fingerprint density at radius 1 is 1.13 bits per heavy atom. The largest absolute Gasteiger partial charge is 0.325 e. The number of nitrogens with one attached hydrogen (secondary N) is 2. The summed E-state index contributed by atoms with van der Waals surface area (Å²) in [7, 11) is 1.96. The molecule has 0 radical (unpaired) electrons. The van der Waals surface area contributed by atoms with Crippen LogP contribution in [0.5, 0.6) is 0 Å². The maximum atomic E-state index is 11.6. The first-order valence-electron chi connectivity index (χ1n) is 9.93. The maximum Gasteiger partial charge on any atom is 0.225 e. The maximum absolute atomic E-state index is 11.6. The van der Waals surface area contributed by atoms with Crippen LogP contribution < -0.4 is 5.32 Å². The summed E-state index contributed by atoms with van der Waals surface area (Å²) in [4.78, 5) is 29.5. The summed E-state index contributed by atoms with van der Waals surface area (Å²) >= 11 is 0. The van der Waals surface area contributed by atoms with E-state index >= 15 is 0 Å². The molecule has 0 saturated carbocycles. The zero-order valence-electron chi connectivity index (χ0n) is 17.3. The average molecular weight is 412 g/mol. The number of hydrogen-bond acceptors (Lipinski definition) is 6. The van der Waals surface area contributed by atoms with Crippen molar-refractivity contribution < 1.29 is 4.79 Å². The topological polar surface area (TPSA) is 114 Å². The number of imidazole rings is 1. The monoisotopic (exact) mass is 412 g/mol. The molecule has 5 rings (SSSR count). The summed E-state index contributed by atoms with van der Waals surface area (Å²) < 4.78 is 2.00. The zero-order chi connectivity index (χ0) is 21.5. The van der Waals surface area contributed by atoms with Crippen LogP contribution in [0.1, 0.15) is 18.9 Å². The molecule has 2 N–H and O–H groups in total. The smallest absolute Gasteiger partial charge is 0.225 e.